The first-order chi connectivity index (χ1) is 16.0. The Hall–Kier alpha value is -3.81. The van der Waals surface area contributed by atoms with E-state index in [1.165, 1.54) is 6.42 Å². The first-order valence-electron chi connectivity index (χ1n) is 11.4. The molecule has 0 radical (unpaired) electrons. The van der Waals surface area contributed by atoms with Gasteiger partial charge in [0, 0.05) is 43.6 Å². The van der Waals surface area contributed by atoms with Crippen molar-refractivity contribution in [2.45, 2.75) is 32.2 Å². The molecular weight excluding hydrogens is 414 g/mol. The van der Waals surface area contributed by atoms with Crippen molar-refractivity contribution in [3.63, 3.8) is 0 Å². The van der Waals surface area contributed by atoms with Crippen molar-refractivity contribution >= 4 is 34.0 Å². The van der Waals surface area contributed by atoms with Gasteiger partial charge < -0.3 is 20.9 Å². The largest absolute Gasteiger partial charge is 0.400 e. The summed E-state index contributed by atoms with van der Waals surface area (Å²) in [5.74, 6) is 0.432. The van der Waals surface area contributed by atoms with Crippen molar-refractivity contribution in [3.05, 3.63) is 66.3 Å². The molecule has 1 saturated heterocycles. The van der Waals surface area contributed by atoms with Crippen molar-refractivity contribution in [1.82, 2.24) is 14.8 Å². The smallest absolute Gasteiger partial charge is 0.274 e. The Morgan fingerprint density at radius 1 is 1.18 bits per heavy atom. The van der Waals surface area contributed by atoms with E-state index in [0.29, 0.717) is 11.5 Å². The number of benzene rings is 1. The lowest BCUT2D eigenvalue weighted by molar-refractivity contribution is 0.102. The van der Waals surface area contributed by atoms with Gasteiger partial charge in [0.05, 0.1) is 22.9 Å². The van der Waals surface area contributed by atoms with Crippen LogP contribution in [0.4, 0.5) is 17.2 Å². The average Bonchev–Trinajstić information content (AvgIpc) is 3.20. The summed E-state index contributed by atoms with van der Waals surface area (Å²) in [4.78, 5) is 22.2. The highest BCUT2D eigenvalue weighted by Gasteiger charge is 2.21. The third kappa shape index (κ3) is 4.16. The van der Waals surface area contributed by atoms with E-state index >= 15 is 0 Å². The van der Waals surface area contributed by atoms with E-state index in [1.807, 2.05) is 61.6 Å². The number of rotatable bonds is 4. The quantitative estimate of drug-likeness (QED) is 0.638. The number of nitrogens with one attached hydrogen (secondary N) is 1. The first kappa shape index (κ1) is 21.1. The summed E-state index contributed by atoms with van der Waals surface area (Å²) in [7, 11) is 1.91. The van der Waals surface area contributed by atoms with Gasteiger partial charge in [0.15, 0.2) is 0 Å². The highest BCUT2D eigenvalue weighted by atomic mass is 16.1. The summed E-state index contributed by atoms with van der Waals surface area (Å²) >= 11 is 0. The van der Waals surface area contributed by atoms with Crippen LogP contribution in [0.3, 0.4) is 0 Å². The summed E-state index contributed by atoms with van der Waals surface area (Å²) in [6.07, 6.45) is 11.3. The SMILES string of the molecule is C[C@H]1C(N)=CC=CN1c1cccc(C(=O)Nc2cc3nn(C)cc3cc2N2CCCCC2)n1. The van der Waals surface area contributed by atoms with Crippen LogP contribution >= 0.6 is 0 Å². The number of carbonyl (C=O) groups is 1. The summed E-state index contributed by atoms with van der Waals surface area (Å²) < 4.78 is 1.80. The van der Waals surface area contributed by atoms with Crippen molar-refractivity contribution in [3.8, 4) is 0 Å². The summed E-state index contributed by atoms with van der Waals surface area (Å²) in [5, 5.41) is 8.70. The Bertz CT molecular complexity index is 1250. The van der Waals surface area contributed by atoms with Crippen LogP contribution in [0.2, 0.25) is 0 Å². The van der Waals surface area contributed by atoms with Gasteiger partial charge in [0.25, 0.3) is 5.91 Å². The van der Waals surface area contributed by atoms with E-state index < -0.39 is 0 Å². The van der Waals surface area contributed by atoms with Gasteiger partial charge in [-0.25, -0.2) is 4.98 Å². The zero-order valence-electron chi connectivity index (χ0n) is 19.0. The zero-order chi connectivity index (χ0) is 22.9. The van der Waals surface area contributed by atoms with E-state index in [2.05, 4.69) is 26.4 Å². The van der Waals surface area contributed by atoms with Crippen LogP contribution in [0, 0.1) is 0 Å². The second-order valence-electron chi connectivity index (χ2n) is 8.71. The van der Waals surface area contributed by atoms with Gasteiger partial charge in [0.2, 0.25) is 0 Å². The number of aromatic nitrogens is 3. The molecule has 1 aromatic carbocycles. The number of fused-ring (bicyclic) bond motifs is 1. The number of aryl methyl sites for hydroxylation is 1. The van der Waals surface area contributed by atoms with Gasteiger partial charge in [-0.2, -0.15) is 5.10 Å². The lowest BCUT2D eigenvalue weighted by Gasteiger charge is -2.31. The summed E-state index contributed by atoms with van der Waals surface area (Å²) in [6.45, 7) is 3.98. The van der Waals surface area contributed by atoms with E-state index in [0.717, 1.165) is 53.9 Å². The summed E-state index contributed by atoms with van der Waals surface area (Å²) in [5.41, 5.74) is 9.84. The molecule has 3 aromatic rings. The topological polar surface area (TPSA) is 92.3 Å². The number of carbonyl (C=O) groups excluding carboxylic acids is 1. The number of pyridine rings is 1. The molecule has 1 amide bonds. The maximum absolute atomic E-state index is 13.3. The average molecular weight is 444 g/mol. The molecule has 0 unspecified atom stereocenters. The maximum atomic E-state index is 13.3. The van der Waals surface area contributed by atoms with Crippen LogP contribution in [0.5, 0.6) is 0 Å². The third-order valence-electron chi connectivity index (χ3n) is 6.35. The van der Waals surface area contributed by atoms with Crippen LogP contribution in [-0.4, -0.2) is 39.8 Å². The van der Waals surface area contributed by atoms with Gasteiger partial charge in [0.1, 0.15) is 11.5 Å². The molecular formula is C25H29N7O. The first-order valence-corrected chi connectivity index (χ1v) is 11.4. The number of nitrogens with zero attached hydrogens (tertiary/aromatic N) is 5. The molecule has 8 heteroatoms. The molecule has 33 heavy (non-hydrogen) atoms. The number of hydrogen-bond acceptors (Lipinski definition) is 6. The molecule has 1 fully saturated rings. The Kier molecular flexibility index (Phi) is 5.50. The second kappa shape index (κ2) is 8.61. The Balaban J connectivity index is 1.45. The normalized spacial score (nSPS) is 18.5. The molecule has 0 aliphatic carbocycles. The Morgan fingerprint density at radius 2 is 2.00 bits per heavy atom. The minimum Gasteiger partial charge on any atom is -0.400 e. The summed E-state index contributed by atoms with van der Waals surface area (Å²) in [6, 6.07) is 9.52. The molecule has 2 aliphatic heterocycles. The van der Waals surface area contributed by atoms with Crippen molar-refractivity contribution in [2.24, 2.45) is 12.8 Å². The van der Waals surface area contributed by atoms with E-state index in [9.17, 15) is 4.79 Å². The van der Waals surface area contributed by atoms with Crippen molar-refractivity contribution in [2.75, 3.05) is 28.2 Å². The minimum atomic E-state index is -0.248. The standard InChI is InChI=1S/C25H29N7O/c1-17-19(26)8-7-13-32(17)24-10-6-9-20(27-24)25(33)28-22-15-21-18(16-30(2)29-21)14-23(22)31-11-4-3-5-12-31/h6-10,13-17H,3-5,11-12,26H2,1-2H3,(H,28,33)/t17-/m0/s1. The molecule has 1 atom stereocenters. The molecule has 2 aliphatic rings. The predicted octanol–water partition coefficient (Wildman–Crippen LogP) is 3.78. The molecule has 4 heterocycles. The zero-order valence-corrected chi connectivity index (χ0v) is 19.0. The molecule has 2 aromatic heterocycles. The van der Waals surface area contributed by atoms with Crippen LogP contribution in [0.25, 0.3) is 10.9 Å². The molecule has 8 nitrogen and oxygen atoms in total. The van der Waals surface area contributed by atoms with Crippen LogP contribution < -0.4 is 20.9 Å². The molecule has 0 bridgehead atoms. The maximum Gasteiger partial charge on any atom is 0.274 e. The van der Waals surface area contributed by atoms with E-state index in [1.54, 1.807) is 10.7 Å². The van der Waals surface area contributed by atoms with Gasteiger partial charge in [-0.3, -0.25) is 9.48 Å². The highest BCUT2D eigenvalue weighted by Crippen LogP contribution is 2.33. The third-order valence-corrected chi connectivity index (χ3v) is 6.35. The number of anilines is 3. The van der Waals surface area contributed by atoms with E-state index in [-0.39, 0.29) is 11.9 Å². The fourth-order valence-electron chi connectivity index (χ4n) is 4.51. The van der Waals surface area contributed by atoms with Crippen LogP contribution in [-0.2, 0) is 7.05 Å². The van der Waals surface area contributed by atoms with Crippen LogP contribution in [0.1, 0.15) is 36.7 Å². The number of hydrogen-bond donors (Lipinski definition) is 2. The Morgan fingerprint density at radius 3 is 2.82 bits per heavy atom. The monoisotopic (exact) mass is 443 g/mol. The van der Waals surface area contributed by atoms with Gasteiger partial charge >= 0.3 is 0 Å². The van der Waals surface area contributed by atoms with Gasteiger partial charge in [-0.1, -0.05) is 6.07 Å². The number of piperidine rings is 1. The Labute approximate surface area is 193 Å². The molecule has 0 saturated carbocycles. The second-order valence-corrected chi connectivity index (χ2v) is 8.71. The molecule has 5 rings (SSSR count). The fourth-order valence-corrected chi connectivity index (χ4v) is 4.51. The van der Waals surface area contributed by atoms with Crippen molar-refractivity contribution < 1.29 is 4.79 Å². The molecule has 3 N–H and O–H groups in total. The fraction of sp³-hybridized carbons (Fsp3) is 0.320. The number of allylic oxidation sites excluding steroid dienone is 2. The van der Waals surface area contributed by atoms with Crippen molar-refractivity contribution in [1.29, 1.82) is 0 Å². The molecule has 0 spiro atoms. The molecule has 170 valence electrons. The minimum absolute atomic E-state index is 0.0296. The van der Waals surface area contributed by atoms with Crippen LogP contribution in [0.15, 0.2) is 60.6 Å². The lowest BCUT2D eigenvalue weighted by atomic mass is 10.1. The highest BCUT2D eigenvalue weighted by molar-refractivity contribution is 6.06. The predicted molar refractivity (Wildman–Crippen MR) is 132 cm³/mol. The lowest BCUT2D eigenvalue weighted by Crippen LogP contribution is -2.35. The van der Waals surface area contributed by atoms with E-state index in [4.69, 9.17) is 5.73 Å². The number of nitrogens with two attached hydrogens (primary N) is 1. The number of amides is 1. The van der Waals surface area contributed by atoms with Gasteiger partial charge in [-0.15, -0.1) is 0 Å². The van der Waals surface area contributed by atoms with Gasteiger partial charge in [-0.05, 0) is 62.6 Å².